The van der Waals surface area contributed by atoms with E-state index in [0.717, 1.165) is 38.5 Å². The highest BCUT2D eigenvalue weighted by Crippen LogP contribution is 2.25. The molecule has 156 valence electrons. The third kappa shape index (κ3) is 8.75. The van der Waals surface area contributed by atoms with Gasteiger partial charge < -0.3 is 18.9 Å². The van der Waals surface area contributed by atoms with Crippen LogP contribution >= 0.6 is 0 Å². The molecule has 0 bridgehead atoms. The Bertz CT molecular complexity index is 645. The fourth-order valence-electron chi connectivity index (χ4n) is 2.26. The van der Waals surface area contributed by atoms with E-state index in [2.05, 4.69) is 17.0 Å². The van der Waals surface area contributed by atoms with Crippen LogP contribution in [0.3, 0.4) is 0 Å². The smallest absolute Gasteiger partial charge is 0.465 e. The molecule has 0 atom stereocenters. The van der Waals surface area contributed by atoms with Gasteiger partial charge in [-0.25, -0.2) is 14.4 Å². The summed E-state index contributed by atoms with van der Waals surface area (Å²) in [6, 6.07) is 4.21. The number of ether oxygens (including phenoxy) is 4. The molecule has 0 saturated heterocycles. The Morgan fingerprint density at radius 2 is 1.57 bits per heavy atom. The number of unbranched alkanes of at least 4 members (excludes halogenated alkanes) is 4. The molecule has 0 spiro atoms. The number of anilines is 1. The number of benzene rings is 1. The van der Waals surface area contributed by atoms with Gasteiger partial charge in [-0.15, -0.1) is 0 Å². The maximum Gasteiger partial charge on any atom is 0.513 e. The van der Waals surface area contributed by atoms with Crippen LogP contribution in [-0.4, -0.2) is 38.5 Å². The summed E-state index contributed by atoms with van der Waals surface area (Å²) in [6.45, 7) is 4.63. The van der Waals surface area contributed by atoms with E-state index in [1.165, 1.54) is 25.3 Å². The highest BCUT2D eigenvalue weighted by atomic mass is 16.7. The van der Waals surface area contributed by atoms with Crippen LogP contribution in [0.2, 0.25) is 0 Å². The Kier molecular flexibility index (Phi) is 11.1. The Labute approximate surface area is 165 Å². The van der Waals surface area contributed by atoms with Gasteiger partial charge in [0.15, 0.2) is 5.75 Å². The fourth-order valence-corrected chi connectivity index (χ4v) is 2.26. The Morgan fingerprint density at radius 1 is 0.929 bits per heavy atom. The number of esters is 1. The Morgan fingerprint density at radius 3 is 2.18 bits per heavy atom. The average Bonchev–Trinajstić information content (AvgIpc) is 2.68. The summed E-state index contributed by atoms with van der Waals surface area (Å²) in [6.07, 6.45) is 3.86. The van der Waals surface area contributed by atoms with E-state index in [4.69, 9.17) is 14.2 Å². The van der Waals surface area contributed by atoms with Crippen molar-refractivity contribution in [3.63, 3.8) is 0 Å². The van der Waals surface area contributed by atoms with E-state index < -0.39 is 18.2 Å². The normalized spacial score (nSPS) is 10.1. The van der Waals surface area contributed by atoms with Crippen molar-refractivity contribution in [3.05, 3.63) is 23.8 Å². The van der Waals surface area contributed by atoms with E-state index in [9.17, 15) is 14.4 Å². The molecule has 0 aromatic heterocycles. The molecule has 0 aliphatic rings. The van der Waals surface area contributed by atoms with Crippen LogP contribution in [-0.2, 0) is 14.2 Å². The minimum atomic E-state index is -0.930. The van der Waals surface area contributed by atoms with Crippen molar-refractivity contribution >= 4 is 23.9 Å². The Balaban J connectivity index is 2.75. The van der Waals surface area contributed by atoms with Crippen LogP contribution in [0.5, 0.6) is 5.75 Å². The van der Waals surface area contributed by atoms with Crippen LogP contribution in [0.25, 0.3) is 0 Å². The van der Waals surface area contributed by atoms with E-state index in [-0.39, 0.29) is 17.9 Å². The SMILES string of the molecule is CCCCCOC(=O)Nc1ccc(C(=O)OC)c(OC(=O)OCCCCC)c1. The van der Waals surface area contributed by atoms with Crippen molar-refractivity contribution in [2.45, 2.75) is 52.4 Å². The van der Waals surface area contributed by atoms with Gasteiger partial charge >= 0.3 is 18.2 Å². The van der Waals surface area contributed by atoms with Gasteiger partial charge in [-0.1, -0.05) is 39.5 Å². The van der Waals surface area contributed by atoms with Gasteiger partial charge in [0, 0.05) is 11.8 Å². The molecule has 0 aliphatic heterocycles. The summed E-state index contributed by atoms with van der Waals surface area (Å²) in [5.74, 6) is -0.751. The molecule has 0 aliphatic carbocycles. The maximum absolute atomic E-state index is 11.9. The minimum Gasteiger partial charge on any atom is -0.465 e. The standard InChI is InChI=1S/C20H29NO7/c1-4-6-8-12-26-19(23)21-15-10-11-16(18(22)25-3)17(14-15)28-20(24)27-13-9-7-5-2/h10-11,14H,4-9,12-13H2,1-3H3,(H,21,23). The van der Waals surface area contributed by atoms with Gasteiger partial charge in [-0.2, -0.15) is 0 Å². The van der Waals surface area contributed by atoms with Gasteiger partial charge in [0.2, 0.25) is 0 Å². The lowest BCUT2D eigenvalue weighted by molar-refractivity contribution is 0.0594. The van der Waals surface area contributed by atoms with Crippen LogP contribution in [0.1, 0.15) is 62.7 Å². The lowest BCUT2D eigenvalue weighted by atomic mass is 10.2. The summed E-state index contributed by atoms with van der Waals surface area (Å²) >= 11 is 0. The molecule has 0 unspecified atom stereocenters. The van der Waals surface area contributed by atoms with Crippen molar-refractivity contribution < 1.29 is 33.3 Å². The third-order valence-corrected chi connectivity index (χ3v) is 3.78. The summed E-state index contributed by atoms with van der Waals surface area (Å²) in [5.41, 5.74) is 0.344. The lowest BCUT2D eigenvalue weighted by Crippen LogP contribution is -2.16. The highest BCUT2D eigenvalue weighted by Gasteiger charge is 2.18. The molecule has 8 heteroatoms. The van der Waals surface area contributed by atoms with Gasteiger partial charge in [0.05, 0.1) is 20.3 Å². The van der Waals surface area contributed by atoms with Crippen LogP contribution in [0.4, 0.5) is 15.3 Å². The summed E-state index contributed by atoms with van der Waals surface area (Å²) in [5, 5.41) is 2.53. The molecule has 1 amide bonds. The number of rotatable bonds is 11. The molecular weight excluding hydrogens is 366 g/mol. The lowest BCUT2D eigenvalue weighted by Gasteiger charge is -2.12. The van der Waals surface area contributed by atoms with Gasteiger partial charge in [0.25, 0.3) is 0 Å². The van der Waals surface area contributed by atoms with E-state index >= 15 is 0 Å². The first-order chi connectivity index (χ1) is 13.5. The minimum absolute atomic E-state index is 0.0369. The zero-order valence-electron chi connectivity index (χ0n) is 16.7. The van der Waals surface area contributed by atoms with Gasteiger partial charge in [-0.05, 0) is 25.0 Å². The molecule has 28 heavy (non-hydrogen) atoms. The third-order valence-electron chi connectivity index (χ3n) is 3.78. The predicted molar refractivity (Wildman–Crippen MR) is 104 cm³/mol. The highest BCUT2D eigenvalue weighted by molar-refractivity contribution is 5.95. The van der Waals surface area contributed by atoms with Crippen molar-refractivity contribution in [1.29, 1.82) is 0 Å². The van der Waals surface area contributed by atoms with Gasteiger partial charge in [0.1, 0.15) is 5.56 Å². The van der Waals surface area contributed by atoms with E-state index in [1.54, 1.807) is 0 Å². The van der Waals surface area contributed by atoms with Crippen molar-refractivity contribution in [2.75, 3.05) is 25.6 Å². The molecule has 1 rings (SSSR count). The Hall–Kier alpha value is -2.77. The number of hydrogen-bond acceptors (Lipinski definition) is 7. The quantitative estimate of drug-likeness (QED) is 0.246. The first-order valence-electron chi connectivity index (χ1n) is 9.52. The molecule has 0 saturated carbocycles. The number of carbonyl (C=O) groups is 3. The van der Waals surface area contributed by atoms with Crippen molar-refractivity contribution in [2.24, 2.45) is 0 Å². The van der Waals surface area contributed by atoms with Crippen LogP contribution < -0.4 is 10.1 Å². The topological polar surface area (TPSA) is 100 Å². The maximum atomic E-state index is 11.9. The monoisotopic (exact) mass is 395 g/mol. The molecule has 0 fully saturated rings. The molecule has 0 radical (unpaired) electrons. The number of amides is 1. The largest absolute Gasteiger partial charge is 0.513 e. The van der Waals surface area contributed by atoms with Crippen molar-refractivity contribution in [1.82, 2.24) is 0 Å². The zero-order valence-corrected chi connectivity index (χ0v) is 16.7. The number of carbonyl (C=O) groups excluding carboxylic acids is 3. The summed E-state index contributed by atoms with van der Waals surface area (Å²) in [4.78, 5) is 35.6. The molecule has 8 nitrogen and oxygen atoms in total. The molecule has 0 heterocycles. The second-order valence-electron chi connectivity index (χ2n) is 6.08. The number of nitrogens with one attached hydrogen (secondary N) is 1. The van der Waals surface area contributed by atoms with Crippen LogP contribution in [0.15, 0.2) is 18.2 Å². The molecular formula is C20H29NO7. The molecule has 1 aromatic carbocycles. The van der Waals surface area contributed by atoms with E-state index in [1.807, 2.05) is 6.92 Å². The zero-order chi connectivity index (χ0) is 20.8. The second kappa shape index (κ2) is 13.4. The fraction of sp³-hybridized carbons (Fsp3) is 0.550. The van der Waals surface area contributed by atoms with Crippen molar-refractivity contribution in [3.8, 4) is 5.75 Å². The summed E-state index contributed by atoms with van der Waals surface area (Å²) < 4.78 is 19.9. The second-order valence-corrected chi connectivity index (χ2v) is 6.08. The number of hydrogen-bond donors (Lipinski definition) is 1. The predicted octanol–water partition coefficient (Wildman–Crippen LogP) is 4.92. The average molecular weight is 395 g/mol. The molecule has 1 N–H and O–H groups in total. The van der Waals surface area contributed by atoms with Gasteiger partial charge in [-0.3, -0.25) is 5.32 Å². The molecule has 1 aromatic rings. The summed E-state index contributed by atoms with van der Waals surface area (Å²) in [7, 11) is 1.22. The van der Waals surface area contributed by atoms with E-state index in [0.29, 0.717) is 12.3 Å². The first-order valence-corrected chi connectivity index (χ1v) is 9.52. The van der Waals surface area contributed by atoms with Crippen LogP contribution in [0, 0.1) is 0 Å². The first kappa shape index (κ1) is 23.3. The number of methoxy groups -OCH3 is 1.